The van der Waals surface area contributed by atoms with Crippen molar-refractivity contribution in [2.24, 2.45) is 5.41 Å². The molecule has 0 aliphatic heterocycles. The van der Waals surface area contributed by atoms with Crippen molar-refractivity contribution in [1.82, 2.24) is 14.9 Å². The highest BCUT2D eigenvalue weighted by molar-refractivity contribution is 5.75. The van der Waals surface area contributed by atoms with Gasteiger partial charge in [0.2, 0.25) is 11.7 Å². The van der Waals surface area contributed by atoms with Crippen molar-refractivity contribution >= 4 is 11.7 Å². The summed E-state index contributed by atoms with van der Waals surface area (Å²) in [7, 11) is 0. The Hall–Kier alpha value is -1.96. The molecule has 1 atom stereocenters. The van der Waals surface area contributed by atoms with E-state index in [0.29, 0.717) is 5.82 Å². The molecule has 1 amide bonds. The van der Waals surface area contributed by atoms with Crippen LogP contribution in [0, 0.1) is 22.5 Å². The molecule has 1 rings (SSSR count). The van der Waals surface area contributed by atoms with Crippen molar-refractivity contribution in [3.8, 4) is 0 Å². The fraction of sp³-hybridized carbons (Fsp3) is 0.667. The van der Waals surface area contributed by atoms with Crippen LogP contribution in [-0.4, -0.2) is 38.1 Å². The molecule has 0 saturated carbocycles. The van der Waals surface area contributed by atoms with E-state index in [1.165, 1.54) is 10.8 Å². The number of hydrogen-bond acceptors (Lipinski definition) is 5. The molecular weight excluding hydrogens is 264 g/mol. The van der Waals surface area contributed by atoms with E-state index in [4.69, 9.17) is 0 Å². The maximum atomic E-state index is 11.7. The summed E-state index contributed by atoms with van der Waals surface area (Å²) >= 11 is 0. The van der Waals surface area contributed by atoms with E-state index in [0.717, 1.165) is 0 Å². The highest BCUT2D eigenvalue weighted by Gasteiger charge is 2.23. The van der Waals surface area contributed by atoms with Crippen LogP contribution in [0.25, 0.3) is 0 Å². The molecule has 0 radical (unpaired) electrons. The number of nitrogens with one attached hydrogen (secondary N) is 1. The average Bonchev–Trinajstić information content (AvgIpc) is 2.67. The van der Waals surface area contributed by atoms with E-state index in [1.54, 1.807) is 6.92 Å². The van der Waals surface area contributed by atoms with Crippen LogP contribution in [0.5, 0.6) is 0 Å². The van der Waals surface area contributed by atoms with Crippen LogP contribution in [0.3, 0.4) is 0 Å². The molecule has 1 heterocycles. The maximum Gasteiger partial charge on any atom is 0.381 e. The number of aromatic nitrogens is 2. The Morgan fingerprint density at radius 2 is 2.20 bits per heavy atom. The topological polar surface area (TPSA) is 110 Å². The molecule has 0 aliphatic carbocycles. The number of amides is 1. The molecule has 20 heavy (non-hydrogen) atoms. The van der Waals surface area contributed by atoms with Gasteiger partial charge in [0.1, 0.15) is 12.7 Å². The van der Waals surface area contributed by atoms with Gasteiger partial charge >= 0.3 is 5.82 Å². The summed E-state index contributed by atoms with van der Waals surface area (Å²) < 4.78 is 1.40. The first-order valence-electron chi connectivity index (χ1n) is 6.24. The summed E-state index contributed by atoms with van der Waals surface area (Å²) in [6.45, 7) is 7.26. The number of aliphatic hydroxyl groups excluding tert-OH is 1. The summed E-state index contributed by atoms with van der Waals surface area (Å²) in [5.41, 5.74) is -0.322. The van der Waals surface area contributed by atoms with Gasteiger partial charge in [0.15, 0.2) is 0 Å². The standard InChI is InChI=1S/C12H20N4O4/c1-8-14-10(16(19)20)6-15(8)7-11(18)13-5-9(17)12(2,3)4/h6,9,17H,5,7H2,1-4H3,(H,13,18). The smallest absolute Gasteiger partial charge is 0.381 e. The first kappa shape index (κ1) is 16.1. The van der Waals surface area contributed by atoms with Crippen LogP contribution >= 0.6 is 0 Å². The Bertz CT molecular complexity index is 504. The molecule has 0 fully saturated rings. The Morgan fingerprint density at radius 1 is 1.60 bits per heavy atom. The van der Waals surface area contributed by atoms with Gasteiger partial charge in [-0.25, -0.2) is 0 Å². The van der Waals surface area contributed by atoms with Crippen molar-refractivity contribution in [2.45, 2.75) is 40.3 Å². The molecule has 0 spiro atoms. The zero-order chi connectivity index (χ0) is 15.5. The van der Waals surface area contributed by atoms with Crippen LogP contribution in [-0.2, 0) is 11.3 Å². The zero-order valence-corrected chi connectivity index (χ0v) is 12.1. The molecule has 2 N–H and O–H groups in total. The Balaban J connectivity index is 2.57. The highest BCUT2D eigenvalue weighted by Crippen LogP contribution is 2.18. The normalized spacial score (nSPS) is 13.1. The summed E-state index contributed by atoms with van der Waals surface area (Å²) in [6, 6.07) is 0. The monoisotopic (exact) mass is 284 g/mol. The van der Waals surface area contributed by atoms with Gasteiger partial charge in [0.25, 0.3) is 0 Å². The fourth-order valence-electron chi connectivity index (χ4n) is 1.47. The van der Waals surface area contributed by atoms with Crippen molar-refractivity contribution in [3.05, 3.63) is 22.1 Å². The number of aliphatic hydroxyl groups is 1. The van der Waals surface area contributed by atoms with Gasteiger partial charge in [-0.2, -0.15) is 0 Å². The second kappa shape index (κ2) is 6.00. The number of aryl methyl sites for hydroxylation is 1. The summed E-state index contributed by atoms with van der Waals surface area (Å²) in [6.07, 6.45) is 0.555. The minimum Gasteiger partial charge on any atom is -0.391 e. The van der Waals surface area contributed by atoms with E-state index in [1.807, 2.05) is 20.8 Å². The lowest BCUT2D eigenvalue weighted by atomic mass is 9.89. The van der Waals surface area contributed by atoms with E-state index in [9.17, 15) is 20.0 Å². The average molecular weight is 284 g/mol. The molecule has 112 valence electrons. The third-order valence-electron chi connectivity index (χ3n) is 2.96. The number of imidazole rings is 1. The van der Waals surface area contributed by atoms with Crippen LogP contribution in [0.15, 0.2) is 6.20 Å². The molecule has 1 aromatic rings. The molecule has 8 heteroatoms. The van der Waals surface area contributed by atoms with Crippen molar-refractivity contribution in [1.29, 1.82) is 0 Å². The van der Waals surface area contributed by atoms with E-state index in [-0.39, 0.29) is 30.2 Å². The summed E-state index contributed by atoms with van der Waals surface area (Å²) in [5.74, 6) is -0.225. The van der Waals surface area contributed by atoms with Gasteiger partial charge in [-0.3, -0.25) is 9.36 Å². The zero-order valence-electron chi connectivity index (χ0n) is 12.1. The first-order valence-corrected chi connectivity index (χ1v) is 6.24. The first-order chi connectivity index (χ1) is 9.11. The van der Waals surface area contributed by atoms with Gasteiger partial charge in [0, 0.05) is 13.5 Å². The molecule has 0 saturated heterocycles. The number of hydrogen-bond donors (Lipinski definition) is 2. The minimum atomic E-state index is -0.662. The van der Waals surface area contributed by atoms with Crippen molar-refractivity contribution in [2.75, 3.05) is 6.54 Å². The molecule has 1 aromatic heterocycles. The van der Waals surface area contributed by atoms with Crippen molar-refractivity contribution in [3.63, 3.8) is 0 Å². The van der Waals surface area contributed by atoms with E-state index < -0.39 is 11.0 Å². The third-order valence-corrected chi connectivity index (χ3v) is 2.96. The second-order valence-electron chi connectivity index (χ2n) is 5.72. The van der Waals surface area contributed by atoms with Gasteiger partial charge < -0.3 is 20.5 Å². The Kier molecular flexibility index (Phi) is 4.83. The summed E-state index contributed by atoms with van der Waals surface area (Å²) in [4.78, 5) is 25.4. The number of carbonyl (C=O) groups is 1. The van der Waals surface area contributed by atoms with Gasteiger partial charge in [-0.05, 0) is 15.3 Å². The number of rotatable bonds is 5. The number of nitrogens with zero attached hydrogens (tertiary/aromatic N) is 3. The lowest BCUT2D eigenvalue weighted by molar-refractivity contribution is -0.389. The second-order valence-corrected chi connectivity index (χ2v) is 5.72. The largest absolute Gasteiger partial charge is 0.391 e. The number of nitro groups is 1. The molecular formula is C12H20N4O4. The minimum absolute atomic E-state index is 0.0659. The SMILES string of the molecule is Cc1nc([N+](=O)[O-])cn1CC(=O)NCC(O)C(C)(C)C. The molecule has 0 aromatic carbocycles. The Labute approximate surface area is 117 Å². The van der Waals surface area contributed by atoms with Crippen LogP contribution in [0.2, 0.25) is 0 Å². The molecule has 1 unspecified atom stereocenters. The van der Waals surface area contributed by atoms with Crippen molar-refractivity contribution < 1.29 is 14.8 Å². The van der Waals surface area contributed by atoms with Crippen LogP contribution < -0.4 is 5.32 Å². The molecule has 8 nitrogen and oxygen atoms in total. The predicted octanol–water partition coefficient (Wildman–Crippen LogP) is 0.623. The van der Waals surface area contributed by atoms with E-state index in [2.05, 4.69) is 10.3 Å². The fourth-order valence-corrected chi connectivity index (χ4v) is 1.47. The van der Waals surface area contributed by atoms with Gasteiger partial charge in [-0.1, -0.05) is 20.8 Å². The quantitative estimate of drug-likeness (QED) is 0.608. The van der Waals surface area contributed by atoms with Crippen LogP contribution in [0.1, 0.15) is 26.6 Å². The lowest BCUT2D eigenvalue weighted by Gasteiger charge is -2.25. The highest BCUT2D eigenvalue weighted by atomic mass is 16.6. The Morgan fingerprint density at radius 3 is 2.65 bits per heavy atom. The molecule has 0 aliphatic rings. The predicted molar refractivity (Wildman–Crippen MR) is 72.1 cm³/mol. The maximum absolute atomic E-state index is 11.7. The van der Waals surface area contributed by atoms with Crippen LogP contribution in [0.4, 0.5) is 5.82 Å². The molecule has 0 bridgehead atoms. The number of carbonyl (C=O) groups excluding carboxylic acids is 1. The summed E-state index contributed by atoms with van der Waals surface area (Å²) in [5, 5.41) is 23.0. The van der Waals surface area contributed by atoms with Gasteiger partial charge in [0.05, 0.1) is 6.10 Å². The lowest BCUT2D eigenvalue weighted by Crippen LogP contribution is -2.40. The van der Waals surface area contributed by atoms with Gasteiger partial charge in [-0.15, -0.1) is 0 Å². The van der Waals surface area contributed by atoms with E-state index >= 15 is 0 Å². The third kappa shape index (κ3) is 4.30.